The number of nitrogens with two attached hydrogens (primary N) is 1. The predicted octanol–water partition coefficient (Wildman–Crippen LogP) is 2.56. The second-order valence-corrected chi connectivity index (χ2v) is 5.89. The quantitative estimate of drug-likeness (QED) is 0.661. The number of hydrogen-bond donors (Lipinski definition) is 2. The van der Waals surface area contributed by atoms with Gasteiger partial charge in [0.25, 0.3) is 5.91 Å². The molecule has 0 radical (unpaired) electrons. The van der Waals surface area contributed by atoms with Gasteiger partial charge < -0.3 is 11.1 Å². The molecule has 1 aromatic carbocycles. The molecule has 2 aromatic rings. The third-order valence-corrected chi connectivity index (χ3v) is 3.86. The molecule has 0 aliphatic heterocycles. The van der Waals surface area contributed by atoms with Crippen LogP contribution >= 0.6 is 0 Å². The summed E-state index contributed by atoms with van der Waals surface area (Å²) in [6.45, 7) is 1.68. The van der Waals surface area contributed by atoms with Crippen LogP contribution < -0.4 is 11.1 Å². The summed E-state index contributed by atoms with van der Waals surface area (Å²) in [6, 6.07) is 7.56. The maximum Gasteiger partial charge on any atom is 0.251 e. The molecule has 3 N–H and O–H groups in total. The zero-order chi connectivity index (χ0) is 18.0. The zero-order valence-corrected chi connectivity index (χ0v) is 13.6. The number of aromatic nitrogens is 1. The second-order valence-electron chi connectivity index (χ2n) is 5.89. The number of nitrogens with one attached hydrogen (secondary N) is 1. The molecule has 0 saturated heterocycles. The van der Waals surface area contributed by atoms with Crippen molar-refractivity contribution in [2.45, 2.75) is 19.8 Å². The minimum Gasteiger partial charge on any atom is -0.366 e. The molecule has 1 aromatic heterocycles. The van der Waals surface area contributed by atoms with E-state index >= 15 is 0 Å². The maximum absolute atomic E-state index is 14.0. The van der Waals surface area contributed by atoms with Crippen LogP contribution in [0.4, 0.5) is 10.2 Å². The number of primary amides is 1. The smallest absolute Gasteiger partial charge is 0.251 e. The van der Waals surface area contributed by atoms with E-state index in [0.29, 0.717) is 22.8 Å². The normalized spacial score (nSPS) is 14.2. The van der Waals surface area contributed by atoms with E-state index in [9.17, 15) is 14.0 Å². The largest absolute Gasteiger partial charge is 0.366 e. The molecule has 0 unspecified atom stereocenters. The predicted molar refractivity (Wildman–Crippen MR) is 91.8 cm³/mol. The number of carbonyl (C=O) groups is 2. The molecule has 0 spiro atoms. The second kappa shape index (κ2) is 6.80. The molecule has 6 nitrogen and oxygen atoms in total. The SMILES string of the molecule is CC(=Nc1ncccc1-c1ccc(C(N)=O)c(F)c1)NC(=O)C1CC1. The molecule has 3 rings (SSSR count). The summed E-state index contributed by atoms with van der Waals surface area (Å²) in [5, 5.41) is 2.74. The Kier molecular flexibility index (Phi) is 4.56. The Bertz CT molecular complexity index is 875. The van der Waals surface area contributed by atoms with E-state index in [1.54, 1.807) is 31.3 Å². The number of aliphatic imine (C=N–C) groups is 1. The van der Waals surface area contributed by atoms with Crippen LogP contribution in [0.1, 0.15) is 30.1 Å². The number of halogens is 1. The average molecular weight is 340 g/mol. The van der Waals surface area contributed by atoms with Crippen molar-refractivity contribution in [3.05, 3.63) is 47.9 Å². The summed E-state index contributed by atoms with van der Waals surface area (Å²) in [5.41, 5.74) is 6.04. The molecule has 1 heterocycles. The molecule has 0 bridgehead atoms. The van der Waals surface area contributed by atoms with Gasteiger partial charge in [0, 0.05) is 17.7 Å². The fourth-order valence-electron chi connectivity index (χ4n) is 2.41. The van der Waals surface area contributed by atoms with Crippen molar-refractivity contribution in [1.29, 1.82) is 0 Å². The molecule has 1 fully saturated rings. The van der Waals surface area contributed by atoms with Crippen molar-refractivity contribution in [1.82, 2.24) is 10.3 Å². The van der Waals surface area contributed by atoms with Gasteiger partial charge in [-0.05, 0) is 49.6 Å². The van der Waals surface area contributed by atoms with Gasteiger partial charge in [0.05, 0.1) is 5.56 Å². The Labute approximate surface area is 144 Å². The summed E-state index contributed by atoms with van der Waals surface area (Å²) in [7, 11) is 0. The lowest BCUT2D eigenvalue weighted by Crippen LogP contribution is -2.29. The van der Waals surface area contributed by atoms with Gasteiger partial charge in [-0.1, -0.05) is 6.07 Å². The first-order valence-corrected chi connectivity index (χ1v) is 7.86. The van der Waals surface area contributed by atoms with Crippen LogP contribution in [0.25, 0.3) is 11.1 Å². The number of hydrogen-bond acceptors (Lipinski definition) is 4. The number of carbonyl (C=O) groups excluding carboxylic acids is 2. The average Bonchev–Trinajstić information content (AvgIpc) is 3.39. The highest BCUT2D eigenvalue weighted by Crippen LogP contribution is 2.30. The summed E-state index contributed by atoms with van der Waals surface area (Å²) >= 11 is 0. The van der Waals surface area contributed by atoms with Gasteiger partial charge in [-0.2, -0.15) is 0 Å². The number of benzene rings is 1. The van der Waals surface area contributed by atoms with E-state index in [1.165, 1.54) is 12.1 Å². The van der Waals surface area contributed by atoms with Gasteiger partial charge in [-0.15, -0.1) is 0 Å². The van der Waals surface area contributed by atoms with Crippen molar-refractivity contribution in [3.8, 4) is 11.1 Å². The van der Waals surface area contributed by atoms with Gasteiger partial charge >= 0.3 is 0 Å². The van der Waals surface area contributed by atoms with Crippen LogP contribution in [-0.2, 0) is 4.79 Å². The first kappa shape index (κ1) is 16.8. The molecule has 1 saturated carbocycles. The first-order chi connectivity index (χ1) is 12.0. The molecule has 128 valence electrons. The Morgan fingerprint density at radius 1 is 1.32 bits per heavy atom. The molecule has 1 aliphatic rings. The molecular weight excluding hydrogens is 323 g/mol. The van der Waals surface area contributed by atoms with Crippen molar-refractivity contribution in [2.24, 2.45) is 16.6 Å². The standard InChI is InChI=1S/C18H17FN4O2/c1-10(23-18(25)11-4-5-11)22-17-13(3-2-8-21-17)12-6-7-14(16(20)24)15(19)9-12/h2-3,6-9,11H,4-5H2,1H3,(H2,20,24)(H,21,22,23,25). The summed E-state index contributed by atoms with van der Waals surface area (Å²) in [4.78, 5) is 31.5. The van der Waals surface area contributed by atoms with Crippen LogP contribution in [-0.4, -0.2) is 22.6 Å². The van der Waals surface area contributed by atoms with Crippen molar-refractivity contribution in [3.63, 3.8) is 0 Å². The van der Waals surface area contributed by atoms with E-state index < -0.39 is 11.7 Å². The van der Waals surface area contributed by atoms with Gasteiger partial charge in [0.1, 0.15) is 11.7 Å². The van der Waals surface area contributed by atoms with Gasteiger partial charge in [-0.25, -0.2) is 14.4 Å². The third-order valence-electron chi connectivity index (χ3n) is 3.86. The Morgan fingerprint density at radius 3 is 2.72 bits per heavy atom. The summed E-state index contributed by atoms with van der Waals surface area (Å²) in [5.74, 6) is -0.734. The van der Waals surface area contributed by atoms with E-state index in [4.69, 9.17) is 5.73 Å². The lowest BCUT2D eigenvalue weighted by molar-refractivity contribution is -0.120. The number of pyridine rings is 1. The highest BCUT2D eigenvalue weighted by molar-refractivity contribution is 6.00. The van der Waals surface area contributed by atoms with Crippen LogP contribution in [0.3, 0.4) is 0 Å². The van der Waals surface area contributed by atoms with Crippen LogP contribution in [0.2, 0.25) is 0 Å². The lowest BCUT2D eigenvalue weighted by Gasteiger charge is -2.08. The number of nitrogens with zero attached hydrogens (tertiary/aromatic N) is 2. The number of rotatable bonds is 4. The number of amidine groups is 1. The van der Waals surface area contributed by atoms with E-state index in [-0.39, 0.29) is 17.4 Å². The van der Waals surface area contributed by atoms with E-state index in [0.717, 1.165) is 12.8 Å². The van der Waals surface area contributed by atoms with Crippen molar-refractivity contribution in [2.75, 3.05) is 0 Å². The highest BCUT2D eigenvalue weighted by Gasteiger charge is 2.29. The maximum atomic E-state index is 14.0. The summed E-state index contributed by atoms with van der Waals surface area (Å²) in [6.07, 6.45) is 3.37. The molecule has 2 amide bonds. The van der Waals surface area contributed by atoms with Crippen molar-refractivity contribution < 1.29 is 14.0 Å². The molecular formula is C18H17FN4O2. The fourth-order valence-corrected chi connectivity index (χ4v) is 2.41. The van der Waals surface area contributed by atoms with E-state index in [2.05, 4.69) is 15.3 Å². The van der Waals surface area contributed by atoms with Crippen molar-refractivity contribution >= 4 is 23.5 Å². The first-order valence-electron chi connectivity index (χ1n) is 7.86. The van der Waals surface area contributed by atoms with Gasteiger partial charge in [-0.3, -0.25) is 9.59 Å². The molecule has 7 heteroatoms. The monoisotopic (exact) mass is 340 g/mol. The Morgan fingerprint density at radius 2 is 2.08 bits per heavy atom. The van der Waals surface area contributed by atoms with Crippen LogP contribution in [0.15, 0.2) is 41.5 Å². The van der Waals surface area contributed by atoms with E-state index in [1.807, 2.05) is 0 Å². The lowest BCUT2D eigenvalue weighted by atomic mass is 10.0. The van der Waals surface area contributed by atoms with Crippen LogP contribution in [0, 0.1) is 11.7 Å². The zero-order valence-electron chi connectivity index (χ0n) is 13.6. The highest BCUT2D eigenvalue weighted by atomic mass is 19.1. The summed E-state index contributed by atoms with van der Waals surface area (Å²) < 4.78 is 14.0. The number of amides is 2. The Hall–Kier alpha value is -3.09. The fraction of sp³-hybridized carbons (Fsp3) is 0.222. The van der Waals surface area contributed by atoms with Gasteiger partial charge in [0.15, 0.2) is 5.82 Å². The molecule has 0 atom stereocenters. The van der Waals surface area contributed by atoms with Gasteiger partial charge in [0.2, 0.25) is 5.91 Å². The topological polar surface area (TPSA) is 97.4 Å². The minimum atomic E-state index is -0.827. The molecule has 1 aliphatic carbocycles. The molecule has 25 heavy (non-hydrogen) atoms. The Balaban J connectivity index is 1.91. The minimum absolute atomic E-state index is 0.0458. The third kappa shape index (κ3) is 3.88. The van der Waals surface area contributed by atoms with Crippen LogP contribution in [0.5, 0.6) is 0 Å².